The third-order valence-corrected chi connectivity index (χ3v) is 7.38. The van der Waals surface area contributed by atoms with E-state index in [1.807, 2.05) is 0 Å². The van der Waals surface area contributed by atoms with Gasteiger partial charge in [-0.2, -0.15) is 0 Å². The summed E-state index contributed by atoms with van der Waals surface area (Å²) in [5.41, 5.74) is 1.37. The SMILES string of the molecule is Cc1c(C(=O)OC(C)C(=O)c2ccc(NC(=O)C(C)C)cc2)sc2nc3n(c(=O)c12)CCCCC3. The van der Waals surface area contributed by atoms with Crippen LogP contribution in [0.4, 0.5) is 5.69 Å². The molecule has 1 unspecified atom stereocenters. The Hall–Kier alpha value is -3.33. The first-order chi connectivity index (χ1) is 16.7. The number of ether oxygens (including phenoxy) is 1. The molecule has 1 aromatic carbocycles. The number of nitrogens with one attached hydrogen (secondary N) is 1. The number of Topliss-reactive ketones (excluding diaryl/α,β-unsaturated/α-hetero) is 1. The molecule has 0 fully saturated rings. The van der Waals surface area contributed by atoms with Gasteiger partial charge in [-0.25, -0.2) is 9.78 Å². The molecule has 8 nitrogen and oxygen atoms in total. The van der Waals surface area contributed by atoms with Gasteiger partial charge in [0, 0.05) is 30.1 Å². The van der Waals surface area contributed by atoms with Crippen LogP contribution in [0, 0.1) is 12.8 Å². The summed E-state index contributed by atoms with van der Waals surface area (Å²) >= 11 is 1.13. The standard InChI is InChI=1S/C26H29N3O5S/c1-14(2)23(31)27-18-11-9-17(10-12-18)21(30)16(4)34-26(33)22-15(3)20-24(35-22)28-19-8-6-5-7-13-29(19)25(20)32/h9-12,14,16H,5-8,13H2,1-4H3,(H,27,31). The normalized spacial score (nSPS) is 14.3. The highest BCUT2D eigenvalue weighted by Gasteiger charge is 2.26. The molecule has 2 aromatic heterocycles. The van der Waals surface area contributed by atoms with Crippen LogP contribution in [0.25, 0.3) is 10.2 Å². The minimum Gasteiger partial charge on any atom is -0.450 e. The molecule has 0 saturated carbocycles. The maximum Gasteiger partial charge on any atom is 0.349 e. The van der Waals surface area contributed by atoms with Gasteiger partial charge in [0.05, 0.1) is 5.39 Å². The van der Waals surface area contributed by atoms with Crippen LogP contribution in [0.15, 0.2) is 29.1 Å². The zero-order chi connectivity index (χ0) is 25.3. The fraction of sp³-hybridized carbons (Fsp3) is 0.423. The van der Waals surface area contributed by atoms with Gasteiger partial charge in [-0.3, -0.25) is 19.0 Å². The minimum atomic E-state index is -1.02. The van der Waals surface area contributed by atoms with E-state index in [1.165, 1.54) is 6.92 Å². The number of aromatic nitrogens is 2. The maximum atomic E-state index is 13.1. The highest BCUT2D eigenvalue weighted by Crippen LogP contribution is 2.29. The molecule has 1 atom stereocenters. The number of benzene rings is 1. The molecule has 9 heteroatoms. The lowest BCUT2D eigenvalue weighted by Gasteiger charge is -2.13. The van der Waals surface area contributed by atoms with Crippen molar-refractivity contribution < 1.29 is 19.1 Å². The molecule has 4 rings (SSSR count). The Bertz CT molecular complexity index is 1350. The van der Waals surface area contributed by atoms with Gasteiger partial charge in [0.15, 0.2) is 6.10 Å². The number of ketones is 1. The summed E-state index contributed by atoms with van der Waals surface area (Å²) in [7, 11) is 0. The Labute approximate surface area is 207 Å². The Balaban J connectivity index is 1.51. The molecule has 35 heavy (non-hydrogen) atoms. The van der Waals surface area contributed by atoms with Gasteiger partial charge in [0.1, 0.15) is 15.5 Å². The molecule has 0 spiro atoms. The van der Waals surface area contributed by atoms with Gasteiger partial charge in [0.2, 0.25) is 11.7 Å². The van der Waals surface area contributed by atoms with E-state index in [9.17, 15) is 19.2 Å². The van der Waals surface area contributed by atoms with E-state index < -0.39 is 12.1 Å². The fourth-order valence-corrected chi connectivity index (χ4v) is 5.18. The summed E-state index contributed by atoms with van der Waals surface area (Å²) in [4.78, 5) is 56.3. The molecule has 1 aliphatic rings. The van der Waals surface area contributed by atoms with Crippen LogP contribution in [0.5, 0.6) is 0 Å². The topological polar surface area (TPSA) is 107 Å². The van der Waals surface area contributed by atoms with Crippen molar-refractivity contribution in [1.82, 2.24) is 9.55 Å². The first-order valence-corrected chi connectivity index (χ1v) is 12.7. The van der Waals surface area contributed by atoms with E-state index in [0.717, 1.165) is 42.8 Å². The summed E-state index contributed by atoms with van der Waals surface area (Å²) in [5, 5.41) is 3.22. The monoisotopic (exact) mass is 495 g/mol. The Morgan fingerprint density at radius 2 is 1.80 bits per heavy atom. The van der Waals surface area contributed by atoms with E-state index in [-0.39, 0.29) is 28.0 Å². The first kappa shape index (κ1) is 24.8. The third kappa shape index (κ3) is 5.05. The largest absolute Gasteiger partial charge is 0.450 e. The molecule has 1 amide bonds. The van der Waals surface area contributed by atoms with Crippen LogP contribution in [-0.4, -0.2) is 33.3 Å². The number of aryl methyl sites for hydroxylation is 2. The fourth-order valence-electron chi connectivity index (χ4n) is 4.11. The molecule has 0 bridgehead atoms. The van der Waals surface area contributed by atoms with Crippen LogP contribution in [0.2, 0.25) is 0 Å². The van der Waals surface area contributed by atoms with Gasteiger partial charge in [0.25, 0.3) is 5.56 Å². The Morgan fingerprint density at radius 1 is 1.09 bits per heavy atom. The first-order valence-electron chi connectivity index (χ1n) is 11.9. The van der Waals surface area contributed by atoms with Gasteiger partial charge in [-0.05, 0) is 56.5 Å². The van der Waals surface area contributed by atoms with E-state index in [0.29, 0.717) is 33.6 Å². The van der Waals surface area contributed by atoms with Crippen molar-refractivity contribution in [3.8, 4) is 0 Å². The van der Waals surface area contributed by atoms with Crippen LogP contribution in [0.1, 0.15) is 71.5 Å². The van der Waals surface area contributed by atoms with Gasteiger partial charge < -0.3 is 10.1 Å². The second-order valence-electron chi connectivity index (χ2n) is 9.16. The predicted molar refractivity (Wildman–Crippen MR) is 135 cm³/mol. The number of thiophene rings is 1. The van der Waals surface area contributed by atoms with E-state index in [1.54, 1.807) is 49.6 Å². The lowest BCUT2D eigenvalue weighted by atomic mass is 10.1. The second-order valence-corrected chi connectivity index (χ2v) is 10.2. The van der Waals surface area contributed by atoms with Crippen LogP contribution in [0.3, 0.4) is 0 Å². The second kappa shape index (κ2) is 10.1. The molecule has 184 valence electrons. The molecular weight excluding hydrogens is 466 g/mol. The van der Waals surface area contributed by atoms with E-state index in [4.69, 9.17) is 4.74 Å². The molecule has 0 aliphatic carbocycles. The van der Waals surface area contributed by atoms with E-state index >= 15 is 0 Å². The number of hydrogen-bond donors (Lipinski definition) is 1. The predicted octanol–water partition coefficient (Wildman–Crippen LogP) is 4.52. The van der Waals surface area contributed by atoms with Gasteiger partial charge >= 0.3 is 5.97 Å². The molecular formula is C26H29N3O5S. The zero-order valence-electron chi connectivity index (χ0n) is 20.3. The number of amides is 1. The minimum absolute atomic E-state index is 0.115. The quantitative estimate of drug-likeness (QED) is 0.398. The smallest absolute Gasteiger partial charge is 0.349 e. The average molecular weight is 496 g/mol. The van der Waals surface area contributed by atoms with Crippen LogP contribution >= 0.6 is 11.3 Å². The van der Waals surface area contributed by atoms with Crippen LogP contribution < -0.4 is 10.9 Å². The number of carbonyl (C=O) groups excluding carboxylic acids is 3. The van der Waals surface area contributed by atoms with Crippen molar-refractivity contribution >= 4 is 44.9 Å². The molecule has 1 aliphatic heterocycles. The summed E-state index contributed by atoms with van der Waals surface area (Å²) < 4.78 is 7.22. The Morgan fingerprint density at radius 3 is 2.49 bits per heavy atom. The van der Waals surface area contributed by atoms with Crippen LogP contribution in [-0.2, 0) is 22.5 Å². The third-order valence-electron chi connectivity index (χ3n) is 6.21. The van der Waals surface area contributed by atoms with Crippen molar-refractivity contribution in [3.63, 3.8) is 0 Å². The van der Waals surface area contributed by atoms with Crippen molar-refractivity contribution in [2.75, 3.05) is 5.32 Å². The number of nitrogens with zero attached hydrogens (tertiary/aromatic N) is 2. The number of anilines is 1. The maximum absolute atomic E-state index is 13.1. The van der Waals surface area contributed by atoms with E-state index in [2.05, 4.69) is 10.3 Å². The highest BCUT2D eigenvalue weighted by molar-refractivity contribution is 7.20. The van der Waals surface area contributed by atoms with Crippen molar-refractivity contribution in [2.24, 2.45) is 5.92 Å². The average Bonchev–Trinajstić information content (AvgIpc) is 2.99. The number of hydrogen-bond acceptors (Lipinski definition) is 7. The highest BCUT2D eigenvalue weighted by atomic mass is 32.1. The lowest BCUT2D eigenvalue weighted by molar-refractivity contribution is -0.118. The lowest BCUT2D eigenvalue weighted by Crippen LogP contribution is -2.25. The number of esters is 1. The summed E-state index contributed by atoms with van der Waals surface area (Å²) in [6.07, 6.45) is 2.71. The number of carbonyl (C=O) groups is 3. The van der Waals surface area contributed by atoms with Gasteiger partial charge in [-0.1, -0.05) is 20.3 Å². The Kier molecular flexibility index (Phi) is 7.16. The van der Waals surface area contributed by atoms with Crippen molar-refractivity contribution in [3.05, 3.63) is 56.4 Å². The van der Waals surface area contributed by atoms with Crippen molar-refractivity contribution in [2.45, 2.75) is 66.0 Å². The summed E-state index contributed by atoms with van der Waals surface area (Å²) in [6.45, 7) is 7.47. The number of fused-ring (bicyclic) bond motifs is 2. The molecule has 1 N–H and O–H groups in total. The molecule has 3 heterocycles. The zero-order valence-corrected chi connectivity index (χ0v) is 21.2. The summed E-state index contributed by atoms with van der Waals surface area (Å²) in [6, 6.07) is 6.46. The molecule has 0 saturated heterocycles. The summed E-state index contributed by atoms with van der Waals surface area (Å²) in [5.74, 6) is -0.515. The van der Waals surface area contributed by atoms with Crippen molar-refractivity contribution in [1.29, 1.82) is 0 Å². The molecule has 3 aromatic rings. The van der Waals surface area contributed by atoms with Gasteiger partial charge in [-0.15, -0.1) is 11.3 Å². The number of rotatable bonds is 6. The molecule has 0 radical (unpaired) electrons.